The van der Waals surface area contributed by atoms with Gasteiger partial charge in [-0.25, -0.2) is 0 Å². The first-order valence-electron chi connectivity index (χ1n) is 17.7. The Morgan fingerprint density at radius 3 is 2.54 bits per heavy atom. The van der Waals surface area contributed by atoms with E-state index in [0.29, 0.717) is 5.92 Å². The molecule has 0 saturated heterocycles. The van der Waals surface area contributed by atoms with E-state index in [4.69, 9.17) is 0 Å². The Morgan fingerprint density at radius 1 is 0.957 bits per heavy atom. The Labute approximate surface area is 279 Å². The van der Waals surface area contributed by atoms with Gasteiger partial charge in [-0.3, -0.25) is 0 Å². The first-order valence-corrected chi connectivity index (χ1v) is 17.7. The second-order valence-electron chi connectivity index (χ2n) is 14.5. The molecule has 2 nitrogen and oxygen atoms in total. The van der Waals surface area contributed by atoms with Gasteiger partial charge >= 0.3 is 0 Å². The average Bonchev–Trinajstić information content (AvgIpc) is 3.50. The van der Waals surface area contributed by atoms with Gasteiger partial charge in [-0.05, 0) is 144 Å². The molecule has 3 atom stereocenters. The molecule has 0 heterocycles. The number of hydrogen-bond donors (Lipinski definition) is 1. The van der Waals surface area contributed by atoms with E-state index in [-0.39, 0.29) is 0 Å². The Bertz CT molecular complexity index is 1700. The molecule has 0 fully saturated rings. The van der Waals surface area contributed by atoms with Crippen LogP contribution >= 0.6 is 0 Å². The third kappa shape index (κ3) is 6.82. The van der Waals surface area contributed by atoms with E-state index in [9.17, 15) is 0 Å². The summed E-state index contributed by atoms with van der Waals surface area (Å²) in [6, 6.07) is 9.48. The fourth-order valence-electron chi connectivity index (χ4n) is 8.16. The number of rotatable bonds is 8. The number of nitrogens with one attached hydrogen (secondary N) is 1. The number of fused-ring (bicyclic) bond motifs is 2. The van der Waals surface area contributed by atoms with Crippen LogP contribution < -0.4 is 10.2 Å². The highest BCUT2D eigenvalue weighted by molar-refractivity contribution is 5.83. The van der Waals surface area contributed by atoms with Crippen LogP contribution in [0.4, 0.5) is 5.69 Å². The lowest BCUT2D eigenvalue weighted by atomic mass is 9.75. The second kappa shape index (κ2) is 13.9. The van der Waals surface area contributed by atoms with E-state index >= 15 is 0 Å². The van der Waals surface area contributed by atoms with Gasteiger partial charge in [0.25, 0.3) is 0 Å². The van der Waals surface area contributed by atoms with Gasteiger partial charge in [-0.2, -0.15) is 0 Å². The van der Waals surface area contributed by atoms with Crippen molar-refractivity contribution >= 4 is 23.4 Å². The van der Waals surface area contributed by atoms with Crippen molar-refractivity contribution in [3.63, 3.8) is 0 Å². The van der Waals surface area contributed by atoms with E-state index in [2.05, 4.69) is 138 Å². The maximum absolute atomic E-state index is 3.45. The molecule has 0 aliphatic heterocycles. The predicted molar refractivity (Wildman–Crippen MR) is 201 cm³/mol. The van der Waals surface area contributed by atoms with Gasteiger partial charge in [0, 0.05) is 38.4 Å². The largest absolute Gasteiger partial charge is 0.391 e. The van der Waals surface area contributed by atoms with Crippen molar-refractivity contribution in [2.24, 2.45) is 11.8 Å². The molecule has 2 aromatic rings. The smallest absolute Gasteiger partial charge is 0.0364 e. The molecule has 0 spiro atoms. The molecule has 2 heteroatoms. The monoisotopic (exact) mass is 610 g/mol. The molecular formula is C44H54N2. The average molecular weight is 611 g/mol. The molecule has 46 heavy (non-hydrogen) atoms. The Kier molecular flexibility index (Phi) is 9.73. The van der Waals surface area contributed by atoms with E-state index in [1.54, 1.807) is 11.1 Å². The van der Waals surface area contributed by atoms with Crippen LogP contribution in [0.5, 0.6) is 0 Å². The minimum atomic E-state index is 0.503. The third-order valence-corrected chi connectivity index (χ3v) is 10.8. The summed E-state index contributed by atoms with van der Waals surface area (Å²) in [7, 11) is 6.32. The predicted octanol–water partition coefficient (Wildman–Crippen LogP) is 10.9. The molecule has 0 aromatic heterocycles. The minimum absolute atomic E-state index is 0.503. The van der Waals surface area contributed by atoms with Crippen molar-refractivity contribution in [3.8, 4) is 0 Å². The van der Waals surface area contributed by atoms with Gasteiger partial charge in [0.05, 0.1) is 0 Å². The zero-order valence-electron chi connectivity index (χ0n) is 29.3. The highest BCUT2D eigenvalue weighted by atomic mass is 15.1. The molecule has 0 amide bonds. The van der Waals surface area contributed by atoms with Crippen molar-refractivity contribution in [1.82, 2.24) is 5.32 Å². The van der Waals surface area contributed by atoms with Crippen LogP contribution in [0, 0.1) is 18.8 Å². The van der Waals surface area contributed by atoms with Gasteiger partial charge in [0.1, 0.15) is 0 Å². The van der Waals surface area contributed by atoms with Crippen LogP contribution in [0.2, 0.25) is 0 Å². The molecule has 6 rings (SSSR count). The minimum Gasteiger partial charge on any atom is -0.391 e. The number of benzene rings is 2. The van der Waals surface area contributed by atoms with Gasteiger partial charge in [-0.15, -0.1) is 0 Å². The zero-order valence-corrected chi connectivity index (χ0v) is 29.3. The lowest BCUT2D eigenvalue weighted by molar-refractivity contribution is 0.467. The maximum atomic E-state index is 3.45. The van der Waals surface area contributed by atoms with Crippen molar-refractivity contribution < 1.29 is 0 Å². The summed E-state index contributed by atoms with van der Waals surface area (Å²) in [4.78, 5) is 2.21. The maximum Gasteiger partial charge on any atom is 0.0364 e. The number of hydrogen-bond acceptors (Lipinski definition) is 2. The first-order chi connectivity index (χ1) is 22.2. The lowest BCUT2D eigenvalue weighted by Crippen LogP contribution is -2.16. The zero-order chi connectivity index (χ0) is 32.4. The number of nitrogens with zero attached hydrogens (tertiary/aromatic N) is 1. The summed E-state index contributed by atoms with van der Waals surface area (Å²) in [6.45, 7) is 9.47. The summed E-state index contributed by atoms with van der Waals surface area (Å²) in [6.07, 6.45) is 30.6. The first kappa shape index (κ1) is 32.2. The van der Waals surface area contributed by atoms with E-state index in [0.717, 1.165) is 37.5 Å². The highest BCUT2D eigenvalue weighted by Crippen LogP contribution is 2.42. The highest BCUT2D eigenvalue weighted by Gasteiger charge is 2.25. The molecule has 0 saturated carbocycles. The summed E-state index contributed by atoms with van der Waals surface area (Å²) >= 11 is 0. The summed E-state index contributed by atoms with van der Waals surface area (Å²) in [5.41, 5.74) is 18.7. The quantitative estimate of drug-likeness (QED) is 0.236. The van der Waals surface area contributed by atoms with Gasteiger partial charge in [0.2, 0.25) is 0 Å². The summed E-state index contributed by atoms with van der Waals surface area (Å²) < 4.78 is 0. The van der Waals surface area contributed by atoms with E-state index in [1.165, 1.54) is 87.2 Å². The molecule has 0 bridgehead atoms. The molecule has 4 aliphatic rings. The van der Waals surface area contributed by atoms with Crippen LogP contribution in [-0.2, 0) is 12.8 Å². The molecule has 2 aromatic carbocycles. The number of allylic oxidation sites excluding steroid dienone is 12. The van der Waals surface area contributed by atoms with Gasteiger partial charge < -0.3 is 10.2 Å². The molecule has 240 valence electrons. The van der Waals surface area contributed by atoms with Crippen LogP contribution in [0.15, 0.2) is 89.2 Å². The van der Waals surface area contributed by atoms with E-state index in [1.807, 2.05) is 0 Å². The molecule has 4 aliphatic carbocycles. The van der Waals surface area contributed by atoms with Crippen LogP contribution in [0.3, 0.4) is 0 Å². The fourth-order valence-corrected chi connectivity index (χ4v) is 8.16. The van der Waals surface area contributed by atoms with Crippen LogP contribution in [0.1, 0.15) is 104 Å². The lowest BCUT2D eigenvalue weighted by Gasteiger charge is -2.30. The molecule has 0 radical (unpaired) electrons. The third-order valence-electron chi connectivity index (χ3n) is 10.8. The topological polar surface area (TPSA) is 15.3 Å². The summed E-state index contributed by atoms with van der Waals surface area (Å²) in [5.74, 6) is 1.99. The van der Waals surface area contributed by atoms with Crippen molar-refractivity contribution in [3.05, 3.63) is 128 Å². The van der Waals surface area contributed by atoms with Crippen molar-refractivity contribution in [2.45, 2.75) is 85.0 Å². The van der Waals surface area contributed by atoms with Crippen LogP contribution in [-0.4, -0.2) is 21.1 Å². The van der Waals surface area contributed by atoms with Crippen molar-refractivity contribution in [1.29, 1.82) is 0 Å². The number of anilines is 1. The molecule has 3 unspecified atom stereocenters. The molecular weight excluding hydrogens is 556 g/mol. The van der Waals surface area contributed by atoms with Crippen LogP contribution in [0.25, 0.3) is 17.7 Å². The Balaban J connectivity index is 1.33. The second-order valence-corrected chi connectivity index (χ2v) is 14.5. The Hall–Kier alpha value is -3.78. The van der Waals surface area contributed by atoms with Crippen molar-refractivity contribution in [2.75, 3.05) is 26.0 Å². The fraction of sp³-hybridized carbons (Fsp3) is 0.409. The van der Waals surface area contributed by atoms with E-state index < -0.39 is 0 Å². The summed E-state index contributed by atoms with van der Waals surface area (Å²) in [5, 5.41) is 3.45. The molecule has 1 N–H and O–H groups in total. The Morgan fingerprint density at radius 2 is 1.80 bits per heavy atom. The standard InChI is InChI=1S/C44H54N2/c1-8-32-20-30(3)22-37(23-32)43-27-35(42-18-16-39(45-5)28-44(42)31(43)4)13-11-9-10-12-34-24-36(33-15-14-29(2)21-33)25-38-26-40(46(6)7)17-19-41(34)38/h9-13,15,17,19,23-24,26-30,37,45H,8,14,16,18,20-22,25H2,1-7H3/b10-9+,13-11+,34-12+. The SMILES string of the molecule is CCC1=CC(c2cc(/C=C/C=C/C=C3\C=C(C4=CCC(C)C4)Cc4cc(N(C)C)ccc43)c3c(c2C)C=C(NC)CC3)CC(C)C1. The van der Waals surface area contributed by atoms with Gasteiger partial charge in [0.15, 0.2) is 0 Å². The van der Waals surface area contributed by atoms with Gasteiger partial charge in [-0.1, -0.05) is 87.1 Å². The normalized spacial score (nSPS) is 23.6.